The fraction of sp³-hybridized carbons (Fsp3) is 0.333. The van der Waals surface area contributed by atoms with E-state index in [1.54, 1.807) is 0 Å². The van der Waals surface area contributed by atoms with Gasteiger partial charge in [-0.25, -0.2) is 0 Å². The van der Waals surface area contributed by atoms with Crippen LogP contribution in [0.3, 0.4) is 0 Å². The zero-order chi connectivity index (χ0) is 10.8. The van der Waals surface area contributed by atoms with Crippen molar-refractivity contribution in [3.05, 3.63) is 35.0 Å². The third-order valence-electron chi connectivity index (χ3n) is 2.67. The molecule has 2 rings (SSSR count). The van der Waals surface area contributed by atoms with Crippen LogP contribution in [-0.2, 0) is 6.54 Å². The van der Waals surface area contributed by atoms with E-state index in [1.165, 1.54) is 10.9 Å². The molecule has 3 heteroatoms. The summed E-state index contributed by atoms with van der Waals surface area (Å²) in [6.45, 7) is 3.08. The summed E-state index contributed by atoms with van der Waals surface area (Å²) in [5.74, 6) is 0. The van der Waals surface area contributed by atoms with Crippen molar-refractivity contribution in [1.82, 2.24) is 4.57 Å². The molecule has 2 aromatic rings. The van der Waals surface area contributed by atoms with Gasteiger partial charge in [0.05, 0.1) is 5.52 Å². The smallest absolute Gasteiger partial charge is 0.0524 e. The number of benzene rings is 1. The predicted molar refractivity (Wildman–Crippen MR) is 63.4 cm³/mol. The van der Waals surface area contributed by atoms with Crippen LogP contribution in [0.2, 0.25) is 5.02 Å². The van der Waals surface area contributed by atoms with Crippen LogP contribution in [0, 0.1) is 6.92 Å². The minimum absolute atomic E-state index is 0.222. The Bertz CT molecular complexity index is 476. The standard InChI is InChI=1S/C12H14ClNO/c1-9-11(13)4-3-10-5-7-14(12(9)10)6-2-8-15/h3-5,7,15H,2,6,8H2,1H3. The van der Waals surface area contributed by atoms with Gasteiger partial charge in [-0.2, -0.15) is 0 Å². The molecular formula is C12H14ClNO. The number of aliphatic hydroxyl groups excluding tert-OH is 1. The highest BCUT2D eigenvalue weighted by Crippen LogP contribution is 2.26. The molecule has 1 heterocycles. The second-order valence-electron chi connectivity index (χ2n) is 3.70. The summed E-state index contributed by atoms with van der Waals surface area (Å²) in [6.07, 6.45) is 2.82. The molecule has 0 bridgehead atoms. The number of halogens is 1. The maximum atomic E-state index is 8.82. The lowest BCUT2D eigenvalue weighted by molar-refractivity contribution is 0.280. The minimum atomic E-state index is 0.222. The van der Waals surface area contributed by atoms with Gasteiger partial charge < -0.3 is 9.67 Å². The van der Waals surface area contributed by atoms with Crippen LogP contribution in [0.15, 0.2) is 24.4 Å². The normalized spacial score (nSPS) is 11.1. The molecule has 0 aliphatic heterocycles. The molecule has 0 aliphatic rings. The molecule has 0 atom stereocenters. The molecule has 1 aromatic carbocycles. The van der Waals surface area contributed by atoms with Crippen LogP contribution in [0.25, 0.3) is 10.9 Å². The monoisotopic (exact) mass is 223 g/mol. The van der Waals surface area contributed by atoms with Crippen LogP contribution >= 0.6 is 11.6 Å². The Hall–Kier alpha value is -0.990. The van der Waals surface area contributed by atoms with Crippen LogP contribution in [0.4, 0.5) is 0 Å². The minimum Gasteiger partial charge on any atom is -0.396 e. The number of nitrogens with zero attached hydrogens (tertiary/aromatic N) is 1. The number of fused-ring (bicyclic) bond motifs is 1. The fourth-order valence-electron chi connectivity index (χ4n) is 1.88. The molecule has 0 spiro atoms. The van der Waals surface area contributed by atoms with E-state index in [2.05, 4.69) is 10.6 Å². The molecule has 0 fully saturated rings. The highest BCUT2D eigenvalue weighted by Gasteiger charge is 2.06. The quantitative estimate of drug-likeness (QED) is 0.851. The maximum Gasteiger partial charge on any atom is 0.0524 e. The first-order valence-corrected chi connectivity index (χ1v) is 5.46. The van der Waals surface area contributed by atoms with E-state index >= 15 is 0 Å². The number of aromatic nitrogens is 1. The van der Waals surface area contributed by atoms with Crippen molar-refractivity contribution in [3.63, 3.8) is 0 Å². The topological polar surface area (TPSA) is 25.2 Å². The molecule has 0 unspecified atom stereocenters. The SMILES string of the molecule is Cc1c(Cl)ccc2ccn(CCCO)c12. The zero-order valence-electron chi connectivity index (χ0n) is 8.70. The van der Waals surface area contributed by atoms with Crippen molar-refractivity contribution >= 4 is 22.5 Å². The highest BCUT2D eigenvalue weighted by atomic mass is 35.5. The van der Waals surface area contributed by atoms with Crippen LogP contribution in [0.5, 0.6) is 0 Å². The van der Waals surface area contributed by atoms with Gasteiger partial charge in [-0.15, -0.1) is 0 Å². The third kappa shape index (κ3) is 1.87. The third-order valence-corrected chi connectivity index (χ3v) is 3.08. The maximum absolute atomic E-state index is 8.82. The van der Waals surface area contributed by atoms with Crippen molar-refractivity contribution < 1.29 is 5.11 Å². The van der Waals surface area contributed by atoms with Gasteiger partial charge in [-0.1, -0.05) is 17.7 Å². The number of aliphatic hydroxyl groups is 1. The zero-order valence-corrected chi connectivity index (χ0v) is 9.46. The first-order valence-electron chi connectivity index (χ1n) is 5.09. The van der Waals surface area contributed by atoms with Crippen molar-refractivity contribution in [2.75, 3.05) is 6.61 Å². The molecular weight excluding hydrogens is 210 g/mol. The summed E-state index contributed by atoms with van der Waals surface area (Å²) in [7, 11) is 0. The Balaban J connectivity index is 2.51. The van der Waals surface area contributed by atoms with Crippen molar-refractivity contribution in [1.29, 1.82) is 0 Å². The Kier molecular flexibility index (Phi) is 2.98. The van der Waals surface area contributed by atoms with Crippen LogP contribution in [0.1, 0.15) is 12.0 Å². The number of aryl methyl sites for hydroxylation is 2. The predicted octanol–water partition coefficient (Wildman–Crippen LogP) is 2.99. The van der Waals surface area contributed by atoms with Gasteiger partial charge in [0.15, 0.2) is 0 Å². The Morgan fingerprint density at radius 2 is 2.13 bits per heavy atom. The lowest BCUT2D eigenvalue weighted by Gasteiger charge is -2.07. The van der Waals surface area contributed by atoms with Gasteiger partial charge in [-0.05, 0) is 36.4 Å². The van der Waals surface area contributed by atoms with E-state index in [9.17, 15) is 0 Å². The van der Waals surface area contributed by atoms with Gasteiger partial charge in [0, 0.05) is 24.4 Å². The molecule has 0 saturated heterocycles. The summed E-state index contributed by atoms with van der Waals surface area (Å²) < 4.78 is 2.15. The Labute approximate surface area is 94.1 Å². The summed E-state index contributed by atoms with van der Waals surface area (Å²) in [5.41, 5.74) is 2.29. The summed E-state index contributed by atoms with van der Waals surface area (Å²) >= 11 is 6.09. The number of hydrogen-bond donors (Lipinski definition) is 1. The largest absolute Gasteiger partial charge is 0.396 e. The highest BCUT2D eigenvalue weighted by molar-refractivity contribution is 6.32. The van der Waals surface area contributed by atoms with Crippen LogP contribution < -0.4 is 0 Å². The van der Waals surface area contributed by atoms with Crippen molar-refractivity contribution in [2.45, 2.75) is 19.9 Å². The summed E-state index contributed by atoms with van der Waals surface area (Å²) in [5, 5.41) is 10.8. The summed E-state index contributed by atoms with van der Waals surface area (Å²) in [6, 6.07) is 6.03. The second-order valence-corrected chi connectivity index (χ2v) is 4.10. The molecule has 0 aliphatic carbocycles. The van der Waals surface area contributed by atoms with E-state index in [0.29, 0.717) is 0 Å². The van der Waals surface area contributed by atoms with E-state index in [1.807, 2.05) is 25.3 Å². The molecule has 15 heavy (non-hydrogen) atoms. The lowest BCUT2D eigenvalue weighted by atomic mass is 10.1. The molecule has 0 radical (unpaired) electrons. The van der Waals surface area contributed by atoms with Gasteiger partial charge in [-0.3, -0.25) is 0 Å². The number of hydrogen-bond acceptors (Lipinski definition) is 1. The Morgan fingerprint density at radius 3 is 2.87 bits per heavy atom. The van der Waals surface area contributed by atoms with E-state index in [-0.39, 0.29) is 6.61 Å². The fourth-order valence-corrected chi connectivity index (χ4v) is 2.04. The first-order chi connectivity index (χ1) is 7.24. The van der Waals surface area contributed by atoms with Gasteiger partial charge in [0.1, 0.15) is 0 Å². The van der Waals surface area contributed by atoms with Crippen molar-refractivity contribution in [3.8, 4) is 0 Å². The van der Waals surface area contributed by atoms with Gasteiger partial charge in [0.25, 0.3) is 0 Å². The summed E-state index contributed by atoms with van der Waals surface area (Å²) in [4.78, 5) is 0. The van der Waals surface area contributed by atoms with Crippen LogP contribution in [-0.4, -0.2) is 16.3 Å². The molecule has 80 valence electrons. The van der Waals surface area contributed by atoms with E-state index in [0.717, 1.165) is 23.6 Å². The van der Waals surface area contributed by atoms with E-state index in [4.69, 9.17) is 16.7 Å². The Morgan fingerprint density at radius 1 is 1.33 bits per heavy atom. The first kappa shape index (κ1) is 10.5. The van der Waals surface area contributed by atoms with Gasteiger partial charge >= 0.3 is 0 Å². The lowest BCUT2D eigenvalue weighted by Crippen LogP contribution is -1.99. The molecule has 1 aromatic heterocycles. The molecule has 2 nitrogen and oxygen atoms in total. The van der Waals surface area contributed by atoms with E-state index < -0.39 is 0 Å². The van der Waals surface area contributed by atoms with Crippen molar-refractivity contribution in [2.24, 2.45) is 0 Å². The number of rotatable bonds is 3. The average Bonchev–Trinajstić information content (AvgIpc) is 2.64. The molecule has 0 saturated carbocycles. The average molecular weight is 224 g/mol. The van der Waals surface area contributed by atoms with Gasteiger partial charge in [0.2, 0.25) is 0 Å². The second kappa shape index (κ2) is 4.25. The molecule has 0 amide bonds. The molecule has 1 N–H and O–H groups in total.